The molecule has 4 rings (SSSR count). The Kier molecular flexibility index (Phi) is 7.78. The lowest BCUT2D eigenvalue weighted by Crippen LogP contribution is -2.52. The normalized spacial score (nSPS) is 21.6. The van der Waals surface area contributed by atoms with Gasteiger partial charge < -0.3 is 15.7 Å². The highest BCUT2D eigenvalue weighted by atomic mass is 16.3. The molecule has 1 unspecified atom stereocenters. The summed E-state index contributed by atoms with van der Waals surface area (Å²) >= 11 is 0. The van der Waals surface area contributed by atoms with Gasteiger partial charge in [0.05, 0.1) is 11.5 Å². The van der Waals surface area contributed by atoms with E-state index >= 15 is 0 Å². The van der Waals surface area contributed by atoms with E-state index in [-0.39, 0.29) is 5.92 Å². The molecule has 0 bridgehead atoms. The Bertz CT molecular complexity index is 1000. The van der Waals surface area contributed by atoms with Crippen LogP contribution in [-0.2, 0) is 6.54 Å². The van der Waals surface area contributed by atoms with Crippen LogP contribution in [0.5, 0.6) is 0 Å². The number of nitrogens with one attached hydrogen (secondary N) is 2. The highest BCUT2D eigenvalue weighted by molar-refractivity contribution is 5.61. The lowest BCUT2D eigenvalue weighted by atomic mass is 9.92. The first kappa shape index (κ1) is 23.5. The molecule has 1 aromatic carbocycles. The van der Waals surface area contributed by atoms with Crippen LogP contribution in [0, 0.1) is 11.8 Å². The summed E-state index contributed by atoms with van der Waals surface area (Å²) < 4.78 is 0. The maximum absolute atomic E-state index is 9.76. The Labute approximate surface area is 197 Å². The number of piperazine rings is 1. The summed E-state index contributed by atoms with van der Waals surface area (Å²) in [7, 11) is 0. The fourth-order valence-corrected chi connectivity index (χ4v) is 4.74. The minimum atomic E-state index is 0.203. The van der Waals surface area contributed by atoms with E-state index in [4.69, 9.17) is 4.98 Å². The number of hydrogen-bond acceptors (Lipinski definition) is 6. The second-order valence-corrected chi connectivity index (χ2v) is 9.65. The molecule has 2 aliphatic rings. The molecule has 2 atom stereocenters. The number of hydrogen-bond donors (Lipinski definition) is 3. The Morgan fingerprint density at radius 3 is 2.94 bits per heavy atom. The predicted molar refractivity (Wildman–Crippen MR) is 135 cm³/mol. The van der Waals surface area contributed by atoms with Crippen LogP contribution in [0.2, 0.25) is 0 Å². The average molecular weight is 448 g/mol. The topological polar surface area (TPSA) is 73.3 Å². The highest BCUT2D eigenvalue weighted by Gasteiger charge is 2.24. The highest BCUT2D eigenvalue weighted by Crippen LogP contribution is 2.25. The second-order valence-electron chi connectivity index (χ2n) is 9.65. The van der Waals surface area contributed by atoms with Crippen molar-refractivity contribution in [3.05, 3.63) is 65.6 Å². The Morgan fingerprint density at radius 2 is 2.12 bits per heavy atom. The summed E-state index contributed by atoms with van der Waals surface area (Å²) in [6, 6.07) is 11.3. The minimum absolute atomic E-state index is 0.203. The van der Waals surface area contributed by atoms with Crippen LogP contribution in [0.25, 0.3) is 11.3 Å². The monoisotopic (exact) mass is 447 g/mol. The van der Waals surface area contributed by atoms with Gasteiger partial charge in [0.1, 0.15) is 0 Å². The van der Waals surface area contributed by atoms with Crippen LogP contribution in [0.4, 0.5) is 5.95 Å². The van der Waals surface area contributed by atoms with Crippen molar-refractivity contribution in [3.63, 3.8) is 0 Å². The molecule has 1 aliphatic heterocycles. The number of benzene rings is 1. The van der Waals surface area contributed by atoms with Gasteiger partial charge in [-0.25, -0.2) is 9.97 Å². The van der Waals surface area contributed by atoms with Gasteiger partial charge in [0, 0.05) is 56.4 Å². The molecule has 0 radical (unpaired) electrons. The second kappa shape index (κ2) is 10.9. The molecular weight excluding hydrogens is 410 g/mol. The van der Waals surface area contributed by atoms with Gasteiger partial charge in [0.15, 0.2) is 0 Å². The van der Waals surface area contributed by atoms with Crippen LogP contribution in [0.1, 0.15) is 39.2 Å². The van der Waals surface area contributed by atoms with Crippen LogP contribution in [0.15, 0.2) is 60.0 Å². The summed E-state index contributed by atoms with van der Waals surface area (Å²) in [5, 5.41) is 16.7. The van der Waals surface area contributed by atoms with E-state index in [1.54, 1.807) is 0 Å². The molecule has 0 saturated carbocycles. The SMILES string of the molecule is CC(C)C1CNCCN1Cc1cccc(-c2ccnc(NCCC3=CC=C(O)[C@H](C)C3)n2)c1. The summed E-state index contributed by atoms with van der Waals surface area (Å²) in [5.74, 6) is 1.96. The van der Waals surface area contributed by atoms with Crippen LogP contribution in [0.3, 0.4) is 0 Å². The Hall–Kier alpha value is -2.70. The van der Waals surface area contributed by atoms with Crippen LogP contribution >= 0.6 is 0 Å². The van der Waals surface area contributed by atoms with Crippen molar-refractivity contribution in [1.82, 2.24) is 20.2 Å². The first-order chi connectivity index (χ1) is 16.0. The fraction of sp³-hybridized carbons (Fsp3) is 0.481. The summed E-state index contributed by atoms with van der Waals surface area (Å²) in [6.07, 6.45) is 7.49. The standard InChI is InChI=1S/C27H37N5O/c1-19(2)25-17-28-13-14-32(25)18-22-5-4-6-23(16-22)24-10-12-30-27(31-24)29-11-9-21-7-8-26(33)20(3)15-21/h4-8,10,12,16,19-20,25,28,33H,9,11,13-15,17-18H2,1-3H3,(H,29,30,31)/t20-,25?/m1/s1. The van der Waals surface area contributed by atoms with Crippen molar-refractivity contribution >= 4 is 5.95 Å². The molecule has 0 spiro atoms. The zero-order valence-electron chi connectivity index (χ0n) is 20.1. The molecular formula is C27H37N5O. The number of nitrogens with zero attached hydrogens (tertiary/aromatic N) is 3. The molecule has 6 heteroatoms. The zero-order chi connectivity index (χ0) is 23.2. The van der Waals surface area contributed by atoms with E-state index in [1.807, 2.05) is 24.4 Å². The molecule has 6 nitrogen and oxygen atoms in total. The van der Waals surface area contributed by atoms with Gasteiger partial charge in [-0.15, -0.1) is 0 Å². The fourth-order valence-electron chi connectivity index (χ4n) is 4.74. The van der Waals surface area contributed by atoms with Crippen molar-refractivity contribution in [2.45, 2.75) is 46.2 Å². The van der Waals surface area contributed by atoms with Crippen LogP contribution in [-0.4, -0.2) is 52.2 Å². The van der Waals surface area contributed by atoms with E-state index in [0.717, 1.165) is 56.8 Å². The molecule has 1 fully saturated rings. The molecule has 3 N–H and O–H groups in total. The lowest BCUT2D eigenvalue weighted by molar-refractivity contribution is 0.117. The maximum Gasteiger partial charge on any atom is 0.223 e. The van der Waals surface area contributed by atoms with Crippen LogP contribution < -0.4 is 10.6 Å². The number of allylic oxidation sites excluding steroid dienone is 3. The number of aliphatic hydroxyl groups excluding tert-OH is 1. The quantitative estimate of drug-likeness (QED) is 0.541. The minimum Gasteiger partial charge on any atom is -0.512 e. The number of rotatable bonds is 8. The van der Waals surface area contributed by atoms with Crippen molar-refractivity contribution in [2.24, 2.45) is 11.8 Å². The zero-order valence-corrected chi connectivity index (χ0v) is 20.1. The Balaban J connectivity index is 1.39. The molecule has 2 aromatic rings. The molecule has 2 heterocycles. The Morgan fingerprint density at radius 1 is 1.24 bits per heavy atom. The maximum atomic E-state index is 9.76. The third-order valence-corrected chi connectivity index (χ3v) is 6.72. The van der Waals surface area contributed by atoms with Gasteiger partial charge in [-0.05, 0) is 42.5 Å². The molecule has 0 amide bonds. The number of anilines is 1. The van der Waals surface area contributed by atoms with Gasteiger partial charge in [0.25, 0.3) is 0 Å². The third kappa shape index (κ3) is 6.21. The first-order valence-electron chi connectivity index (χ1n) is 12.2. The van der Waals surface area contributed by atoms with E-state index in [1.165, 1.54) is 11.1 Å². The summed E-state index contributed by atoms with van der Waals surface area (Å²) in [6.45, 7) is 11.6. The molecule has 176 valence electrons. The van der Waals surface area contributed by atoms with E-state index < -0.39 is 0 Å². The van der Waals surface area contributed by atoms with Gasteiger partial charge >= 0.3 is 0 Å². The van der Waals surface area contributed by atoms with Gasteiger partial charge in [-0.2, -0.15) is 0 Å². The summed E-state index contributed by atoms with van der Waals surface area (Å²) in [4.78, 5) is 11.8. The smallest absolute Gasteiger partial charge is 0.223 e. The lowest BCUT2D eigenvalue weighted by Gasteiger charge is -2.38. The van der Waals surface area contributed by atoms with E-state index in [2.05, 4.69) is 65.6 Å². The number of aromatic nitrogens is 2. The van der Waals surface area contributed by atoms with Crippen molar-refractivity contribution < 1.29 is 5.11 Å². The van der Waals surface area contributed by atoms with E-state index in [0.29, 0.717) is 23.7 Å². The van der Waals surface area contributed by atoms with E-state index in [9.17, 15) is 5.11 Å². The van der Waals surface area contributed by atoms with Gasteiger partial charge in [0.2, 0.25) is 5.95 Å². The number of aliphatic hydroxyl groups is 1. The van der Waals surface area contributed by atoms with Crippen molar-refractivity contribution in [1.29, 1.82) is 0 Å². The summed E-state index contributed by atoms with van der Waals surface area (Å²) in [5.41, 5.74) is 4.72. The molecule has 1 aliphatic carbocycles. The first-order valence-corrected chi connectivity index (χ1v) is 12.2. The average Bonchev–Trinajstić information content (AvgIpc) is 2.82. The van der Waals surface area contributed by atoms with Crippen molar-refractivity contribution in [3.8, 4) is 11.3 Å². The molecule has 1 aromatic heterocycles. The molecule has 33 heavy (non-hydrogen) atoms. The van der Waals surface area contributed by atoms with Gasteiger partial charge in [-0.3, -0.25) is 4.90 Å². The van der Waals surface area contributed by atoms with Crippen molar-refractivity contribution in [2.75, 3.05) is 31.5 Å². The largest absolute Gasteiger partial charge is 0.512 e. The predicted octanol–water partition coefficient (Wildman–Crippen LogP) is 4.78. The third-order valence-electron chi connectivity index (χ3n) is 6.72. The molecule has 1 saturated heterocycles. The van der Waals surface area contributed by atoms with Gasteiger partial charge in [-0.1, -0.05) is 50.6 Å².